The van der Waals surface area contributed by atoms with Crippen LogP contribution in [0.1, 0.15) is 35.1 Å². The van der Waals surface area contributed by atoms with Crippen molar-refractivity contribution in [3.8, 4) is 0 Å². The zero-order chi connectivity index (χ0) is 22.0. The quantitative estimate of drug-likeness (QED) is 0.498. The molecule has 1 aliphatic heterocycles. The van der Waals surface area contributed by atoms with Crippen molar-refractivity contribution in [2.45, 2.75) is 18.4 Å². The Balaban J connectivity index is 1.68. The molecule has 0 aromatic heterocycles. The van der Waals surface area contributed by atoms with Crippen LogP contribution in [0.4, 0.5) is 13.6 Å². The van der Waals surface area contributed by atoms with Gasteiger partial charge >= 0.3 is 6.09 Å². The van der Waals surface area contributed by atoms with Gasteiger partial charge in [-0.2, -0.15) is 0 Å². The van der Waals surface area contributed by atoms with Crippen LogP contribution in [0.3, 0.4) is 0 Å². The van der Waals surface area contributed by atoms with Crippen LogP contribution in [-0.2, 0) is 9.53 Å². The summed E-state index contributed by atoms with van der Waals surface area (Å²) in [6.45, 7) is 0.0504. The van der Waals surface area contributed by atoms with E-state index in [1.165, 1.54) is 12.1 Å². The number of nitrogens with zero attached hydrogens (tertiary/aromatic N) is 1. The van der Waals surface area contributed by atoms with Crippen molar-refractivity contribution < 1.29 is 23.1 Å². The lowest BCUT2D eigenvalue weighted by Crippen LogP contribution is -2.35. The Labute approximate surface area is 183 Å². The number of ether oxygens (including phenoxy) is 1. The molecule has 7 heteroatoms. The van der Waals surface area contributed by atoms with Crippen LogP contribution in [0.2, 0.25) is 5.02 Å². The van der Waals surface area contributed by atoms with Gasteiger partial charge in [0.15, 0.2) is 0 Å². The highest BCUT2D eigenvalue weighted by atomic mass is 35.5. The summed E-state index contributed by atoms with van der Waals surface area (Å²) in [5.74, 6) is -2.67. The maximum atomic E-state index is 13.9. The third-order valence-corrected chi connectivity index (χ3v) is 5.52. The highest BCUT2D eigenvalue weighted by Gasteiger charge is 2.39. The van der Waals surface area contributed by atoms with Crippen LogP contribution in [0.25, 0.3) is 0 Å². The Morgan fingerprint density at radius 1 is 1.00 bits per heavy atom. The van der Waals surface area contributed by atoms with Gasteiger partial charge in [-0.25, -0.2) is 18.5 Å². The number of carbonyl (C=O) groups is 2. The van der Waals surface area contributed by atoms with Crippen molar-refractivity contribution in [1.29, 1.82) is 0 Å². The summed E-state index contributed by atoms with van der Waals surface area (Å²) in [5, 5.41) is 0.492. The second-order valence-electron chi connectivity index (χ2n) is 7.28. The molecule has 0 radical (unpaired) electrons. The van der Waals surface area contributed by atoms with E-state index in [0.717, 1.165) is 16.5 Å². The van der Waals surface area contributed by atoms with Gasteiger partial charge in [0.25, 0.3) is 0 Å². The fraction of sp³-hybridized carbons (Fsp3) is 0.167. The lowest BCUT2D eigenvalue weighted by Gasteiger charge is -2.24. The highest BCUT2D eigenvalue weighted by Crippen LogP contribution is 2.34. The molecule has 1 aliphatic rings. The molecule has 2 amide bonds. The number of amides is 2. The first-order chi connectivity index (χ1) is 14.9. The van der Waals surface area contributed by atoms with Crippen molar-refractivity contribution in [1.82, 2.24) is 4.90 Å². The van der Waals surface area contributed by atoms with E-state index in [0.29, 0.717) is 10.6 Å². The van der Waals surface area contributed by atoms with E-state index in [-0.39, 0.29) is 18.6 Å². The van der Waals surface area contributed by atoms with Crippen molar-refractivity contribution in [2.75, 3.05) is 6.61 Å². The topological polar surface area (TPSA) is 46.6 Å². The summed E-state index contributed by atoms with van der Waals surface area (Å²) < 4.78 is 33.0. The SMILES string of the molecule is O=C(C[C@@H](c1ccc(Cl)cc1)c1cc(F)cc(F)c1)N1C(=O)OC[C@@H]1c1ccccc1. The predicted molar refractivity (Wildman–Crippen MR) is 112 cm³/mol. The molecule has 158 valence electrons. The summed E-state index contributed by atoms with van der Waals surface area (Å²) in [6, 6.07) is 18.3. The van der Waals surface area contributed by atoms with Gasteiger partial charge in [0.1, 0.15) is 24.3 Å². The average Bonchev–Trinajstić information content (AvgIpc) is 3.14. The van der Waals surface area contributed by atoms with E-state index in [1.807, 2.05) is 30.3 Å². The van der Waals surface area contributed by atoms with E-state index in [2.05, 4.69) is 0 Å². The predicted octanol–water partition coefficient (Wildman–Crippen LogP) is 5.86. The summed E-state index contributed by atoms with van der Waals surface area (Å²) in [6.07, 6.45) is -0.915. The Morgan fingerprint density at radius 2 is 1.65 bits per heavy atom. The maximum absolute atomic E-state index is 13.9. The van der Waals surface area contributed by atoms with E-state index in [4.69, 9.17) is 16.3 Å². The zero-order valence-electron chi connectivity index (χ0n) is 16.3. The molecular weight excluding hydrogens is 424 g/mol. The van der Waals surface area contributed by atoms with Gasteiger partial charge in [0.2, 0.25) is 5.91 Å². The molecule has 0 N–H and O–H groups in total. The molecule has 4 nitrogen and oxygen atoms in total. The van der Waals surface area contributed by atoms with E-state index in [9.17, 15) is 18.4 Å². The lowest BCUT2D eigenvalue weighted by molar-refractivity contribution is -0.129. The number of cyclic esters (lactones) is 1. The molecule has 1 fully saturated rings. The van der Waals surface area contributed by atoms with Crippen LogP contribution < -0.4 is 0 Å². The first kappa shape index (κ1) is 21.0. The van der Waals surface area contributed by atoms with Gasteiger partial charge in [0, 0.05) is 23.4 Å². The Morgan fingerprint density at radius 3 is 2.29 bits per heavy atom. The van der Waals surface area contributed by atoms with Crippen LogP contribution in [0, 0.1) is 11.6 Å². The van der Waals surface area contributed by atoms with Crippen LogP contribution >= 0.6 is 11.6 Å². The number of rotatable bonds is 5. The Bertz CT molecular complexity index is 1090. The largest absolute Gasteiger partial charge is 0.446 e. The first-order valence-electron chi connectivity index (χ1n) is 9.67. The van der Waals surface area contributed by atoms with Gasteiger partial charge in [0.05, 0.1) is 0 Å². The minimum Gasteiger partial charge on any atom is -0.446 e. The molecule has 0 saturated carbocycles. The van der Waals surface area contributed by atoms with Gasteiger partial charge in [-0.1, -0.05) is 54.1 Å². The molecule has 0 bridgehead atoms. The summed E-state index contributed by atoms with van der Waals surface area (Å²) in [4.78, 5) is 26.7. The van der Waals surface area contributed by atoms with E-state index < -0.39 is 35.6 Å². The summed E-state index contributed by atoms with van der Waals surface area (Å²) in [5.41, 5.74) is 1.70. The Hall–Kier alpha value is -3.25. The second kappa shape index (κ2) is 8.86. The molecule has 3 aromatic carbocycles. The van der Waals surface area contributed by atoms with Gasteiger partial charge in [-0.05, 0) is 41.0 Å². The lowest BCUT2D eigenvalue weighted by atomic mass is 9.87. The molecule has 4 rings (SSSR count). The first-order valence-corrected chi connectivity index (χ1v) is 10.1. The highest BCUT2D eigenvalue weighted by molar-refractivity contribution is 6.30. The van der Waals surface area contributed by atoms with Crippen LogP contribution in [-0.4, -0.2) is 23.5 Å². The molecule has 0 unspecified atom stereocenters. The minimum atomic E-state index is -0.746. The second-order valence-corrected chi connectivity index (χ2v) is 7.71. The molecule has 0 spiro atoms. The molecule has 2 atom stereocenters. The van der Waals surface area contributed by atoms with E-state index in [1.54, 1.807) is 24.3 Å². The molecule has 1 heterocycles. The van der Waals surface area contributed by atoms with Crippen molar-refractivity contribution >= 4 is 23.6 Å². The number of imide groups is 1. The Kier molecular flexibility index (Phi) is 6.00. The molecule has 3 aromatic rings. The zero-order valence-corrected chi connectivity index (χ0v) is 17.1. The number of hydrogen-bond acceptors (Lipinski definition) is 3. The number of benzene rings is 3. The monoisotopic (exact) mass is 441 g/mol. The normalized spacial score (nSPS) is 16.8. The maximum Gasteiger partial charge on any atom is 0.417 e. The van der Waals surface area contributed by atoms with Crippen molar-refractivity contribution in [3.05, 3.63) is 106 Å². The molecule has 31 heavy (non-hydrogen) atoms. The van der Waals surface area contributed by atoms with Crippen molar-refractivity contribution in [3.63, 3.8) is 0 Å². The third kappa shape index (κ3) is 4.59. The standard InChI is InChI=1S/C24H18ClF2NO3/c25-18-8-6-15(7-9-18)21(17-10-19(26)12-20(27)11-17)13-23(29)28-22(14-31-24(28)30)16-4-2-1-3-5-16/h1-12,21-22H,13-14H2/t21-,22+/m0/s1. The van der Waals surface area contributed by atoms with Gasteiger partial charge < -0.3 is 4.74 Å². The van der Waals surface area contributed by atoms with Gasteiger partial charge in [-0.3, -0.25) is 4.79 Å². The number of hydrogen-bond donors (Lipinski definition) is 0. The van der Waals surface area contributed by atoms with Gasteiger partial charge in [-0.15, -0.1) is 0 Å². The minimum absolute atomic E-state index is 0.0504. The summed E-state index contributed by atoms with van der Waals surface area (Å²) in [7, 11) is 0. The van der Waals surface area contributed by atoms with Crippen LogP contribution in [0.15, 0.2) is 72.8 Å². The fourth-order valence-electron chi connectivity index (χ4n) is 3.79. The van der Waals surface area contributed by atoms with Crippen molar-refractivity contribution in [2.24, 2.45) is 0 Å². The molecular formula is C24H18ClF2NO3. The summed E-state index contributed by atoms with van der Waals surface area (Å²) >= 11 is 5.97. The third-order valence-electron chi connectivity index (χ3n) is 5.26. The number of carbonyl (C=O) groups excluding carboxylic acids is 2. The van der Waals surface area contributed by atoms with Crippen LogP contribution in [0.5, 0.6) is 0 Å². The average molecular weight is 442 g/mol. The molecule has 0 aliphatic carbocycles. The smallest absolute Gasteiger partial charge is 0.417 e. The molecule has 1 saturated heterocycles. The fourth-order valence-corrected chi connectivity index (χ4v) is 3.92. The van der Waals surface area contributed by atoms with E-state index >= 15 is 0 Å². The number of halogens is 3.